The lowest BCUT2D eigenvalue weighted by Gasteiger charge is -2.44. The van der Waals surface area contributed by atoms with Gasteiger partial charge in [0.1, 0.15) is 0 Å². The van der Waals surface area contributed by atoms with Gasteiger partial charge >= 0.3 is 0 Å². The van der Waals surface area contributed by atoms with Crippen LogP contribution >= 0.6 is 0 Å². The molecule has 2 nitrogen and oxygen atoms in total. The lowest BCUT2D eigenvalue weighted by atomic mass is 9.89. The molecule has 90 valence electrons. The highest BCUT2D eigenvalue weighted by Gasteiger charge is 2.34. The molecule has 0 aromatic carbocycles. The van der Waals surface area contributed by atoms with Gasteiger partial charge in [0.25, 0.3) is 0 Å². The zero-order valence-corrected chi connectivity index (χ0v) is 11.0. The lowest BCUT2D eigenvalue weighted by molar-refractivity contribution is 0.0742. The largest absolute Gasteiger partial charge is 0.365 e. The van der Waals surface area contributed by atoms with E-state index in [0.29, 0.717) is 18.1 Å². The summed E-state index contributed by atoms with van der Waals surface area (Å²) in [6.07, 6.45) is 5.74. The Bertz CT molecular complexity index is 340. The first-order valence-electron chi connectivity index (χ1n) is 6.62. The summed E-state index contributed by atoms with van der Waals surface area (Å²) in [5, 5.41) is 0. The molecular weight excluding hydrogens is 196 g/mol. The van der Waals surface area contributed by atoms with E-state index in [1.165, 1.54) is 30.5 Å². The second kappa shape index (κ2) is 4.62. The number of hydrogen-bond acceptors (Lipinski definition) is 1. The van der Waals surface area contributed by atoms with Crippen molar-refractivity contribution in [1.82, 2.24) is 9.88 Å². The van der Waals surface area contributed by atoms with Gasteiger partial charge in [-0.1, -0.05) is 13.8 Å². The van der Waals surface area contributed by atoms with Crippen molar-refractivity contribution in [2.75, 3.05) is 0 Å². The average molecular weight is 220 g/mol. The molecule has 0 saturated carbocycles. The molecule has 2 heteroatoms. The van der Waals surface area contributed by atoms with Crippen LogP contribution in [0.2, 0.25) is 0 Å². The van der Waals surface area contributed by atoms with Crippen LogP contribution < -0.4 is 0 Å². The maximum Gasteiger partial charge on any atom is 0.0369 e. The Morgan fingerprint density at radius 1 is 1.38 bits per heavy atom. The third kappa shape index (κ3) is 1.80. The van der Waals surface area contributed by atoms with Crippen molar-refractivity contribution >= 4 is 0 Å². The Morgan fingerprint density at radius 3 is 2.69 bits per heavy atom. The Labute approximate surface area is 99.0 Å². The smallest absolute Gasteiger partial charge is 0.0369 e. The fraction of sp³-hybridized carbons (Fsp3) is 0.714. The molecule has 2 heterocycles. The highest BCUT2D eigenvalue weighted by molar-refractivity contribution is 5.28. The molecular formula is C14H24N2. The standard InChI is InChI=1S/C14H24N2/c1-5-11-9-13-12(7-8-15-13)14(6-2)16(11)10(3)4/h7-8,10-11,14-15H,5-6,9H2,1-4H3/t11-,14+/m1/s1. The molecule has 0 radical (unpaired) electrons. The van der Waals surface area contributed by atoms with Gasteiger partial charge in [0, 0.05) is 36.4 Å². The Hall–Kier alpha value is -0.760. The van der Waals surface area contributed by atoms with Gasteiger partial charge < -0.3 is 4.98 Å². The van der Waals surface area contributed by atoms with Gasteiger partial charge in [-0.25, -0.2) is 0 Å². The van der Waals surface area contributed by atoms with E-state index in [1.807, 2.05) is 0 Å². The van der Waals surface area contributed by atoms with E-state index in [1.54, 1.807) is 0 Å². The van der Waals surface area contributed by atoms with Gasteiger partial charge in [0.05, 0.1) is 0 Å². The van der Waals surface area contributed by atoms with Crippen LogP contribution in [0.3, 0.4) is 0 Å². The molecule has 0 fully saturated rings. The van der Waals surface area contributed by atoms with Crippen LogP contribution in [0.5, 0.6) is 0 Å². The fourth-order valence-electron chi connectivity index (χ4n) is 3.23. The van der Waals surface area contributed by atoms with Gasteiger partial charge in [-0.3, -0.25) is 4.90 Å². The fourth-order valence-corrected chi connectivity index (χ4v) is 3.23. The molecule has 1 aromatic rings. The molecule has 0 aliphatic carbocycles. The van der Waals surface area contributed by atoms with Crippen LogP contribution in [0.1, 0.15) is 57.8 Å². The third-order valence-corrected chi connectivity index (χ3v) is 3.90. The van der Waals surface area contributed by atoms with Crippen LogP contribution in [0.4, 0.5) is 0 Å². The van der Waals surface area contributed by atoms with E-state index in [2.05, 4.69) is 49.8 Å². The normalized spacial score (nSPS) is 26.1. The molecule has 1 N–H and O–H groups in total. The number of rotatable bonds is 3. The van der Waals surface area contributed by atoms with Crippen molar-refractivity contribution in [3.05, 3.63) is 23.5 Å². The first kappa shape index (κ1) is 11.7. The summed E-state index contributed by atoms with van der Waals surface area (Å²) in [6.45, 7) is 9.25. The molecule has 0 spiro atoms. The first-order chi connectivity index (χ1) is 7.69. The molecule has 1 aliphatic heterocycles. The van der Waals surface area contributed by atoms with Crippen molar-refractivity contribution in [3.63, 3.8) is 0 Å². The van der Waals surface area contributed by atoms with Gasteiger partial charge in [0.15, 0.2) is 0 Å². The number of hydrogen-bond donors (Lipinski definition) is 1. The molecule has 0 unspecified atom stereocenters. The third-order valence-electron chi connectivity index (χ3n) is 3.90. The van der Waals surface area contributed by atoms with Crippen LogP contribution in [0.25, 0.3) is 0 Å². The molecule has 2 rings (SSSR count). The van der Waals surface area contributed by atoms with E-state index in [9.17, 15) is 0 Å². The molecule has 0 bridgehead atoms. The summed E-state index contributed by atoms with van der Waals surface area (Å²) < 4.78 is 0. The summed E-state index contributed by atoms with van der Waals surface area (Å²) in [5.41, 5.74) is 3.00. The minimum absolute atomic E-state index is 0.611. The maximum atomic E-state index is 3.42. The van der Waals surface area contributed by atoms with Crippen LogP contribution in [-0.2, 0) is 6.42 Å². The van der Waals surface area contributed by atoms with Crippen molar-refractivity contribution in [2.45, 2.75) is 65.1 Å². The van der Waals surface area contributed by atoms with Crippen LogP contribution in [0.15, 0.2) is 12.3 Å². The summed E-state index contributed by atoms with van der Waals surface area (Å²) in [4.78, 5) is 6.12. The second-order valence-electron chi connectivity index (χ2n) is 5.14. The highest BCUT2D eigenvalue weighted by atomic mass is 15.2. The van der Waals surface area contributed by atoms with Gasteiger partial charge in [-0.2, -0.15) is 0 Å². The SMILES string of the molecule is CC[C@@H]1Cc2[nH]ccc2[C@H](CC)N1C(C)C. The Morgan fingerprint density at radius 2 is 2.12 bits per heavy atom. The van der Waals surface area contributed by atoms with Crippen LogP contribution in [0, 0.1) is 0 Å². The molecule has 2 atom stereocenters. The van der Waals surface area contributed by atoms with E-state index in [-0.39, 0.29) is 0 Å². The number of nitrogens with zero attached hydrogens (tertiary/aromatic N) is 1. The maximum absolute atomic E-state index is 3.42. The van der Waals surface area contributed by atoms with Crippen molar-refractivity contribution < 1.29 is 0 Å². The molecule has 0 amide bonds. The van der Waals surface area contributed by atoms with Gasteiger partial charge in [-0.05, 0) is 38.3 Å². The Kier molecular flexibility index (Phi) is 3.38. The van der Waals surface area contributed by atoms with E-state index >= 15 is 0 Å². The minimum Gasteiger partial charge on any atom is -0.365 e. The minimum atomic E-state index is 0.611. The van der Waals surface area contributed by atoms with Crippen LogP contribution in [-0.4, -0.2) is 22.0 Å². The molecule has 0 saturated heterocycles. The van der Waals surface area contributed by atoms with E-state index < -0.39 is 0 Å². The summed E-state index contributed by atoms with van der Waals surface area (Å²) in [6, 6.07) is 4.22. The Balaban J connectivity index is 2.37. The number of nitrogens with one attached hydrogen (secondary N) is 1. The van der Waals surface area contributed by atoms with Crippen molar-refractivity contribution in [3.8, 4) is 0 Å². The lowest BCUT2D eigenvalue weighted by Crippen LogP contribution is -2.46. The van der Waals surface area contributed by atoms with E-state index in [0.717, 1.165) is 0 Å². The van der Waals surface area contributed by atoms with Crippen molar-refractivity contribution in [2.24, 2.45) is 0 Å². The topological polar surface area (TPSA) is 19.0 Å². The zero-order chi connectivity index (χ0) is 11.7. The molecule has 16 heavy (non-hydrogen) atoms. The van der Waals surface area contributed by atoms with Crippen molar-refractivity contribution in [1.29, 1.82) is 0 Å². The number of aromatic amines is 1. The first-order valence-corrected chi connectivity index (χ1v) is 6.62. The summed E-state index contributed by atoms with van der Waals surface area (Å²) >= 11 is 0. The van der Waals surface area contributed by atoms with E-state index in [4.69, 9.17) is 0 Å². The number of fused-ring (bicyclic) bond motifs is 1. The predicted octanol–water partition coefficient (Wildman–Crippen LogP) is 3.51. The van der Waals surface area contributed by atoms with Gasteiger partial charge in [0.2, 0.25) is 0 Å². The second-order valence-corrected chi connectivity index (χ2v) is 5.14. The molecule has 1 aromatic heterocycles. The van der Waals surface area contributed by atoms with Gasteiger partial charge in [-0.15, -0.1) is 0 Å². The molecule has 1 aliphatic rings. The quantitative estimate of drug-likeness (QED) is 0.826. The summed E-state index contributed by atoms with van der Waals surface area (Å²) in [5.74, 6) is 0. The zero-order valence-electron chi connectivity index (χ0n) is 11.0. The average Bonchev–Trinajstić information content (AvgIpc) is 2.73. The monoisotopic (exact) mass is 220 g/mol. The number of H-pyrrole nitrogens is 1. The highest BCUT2D eigenvalue weighted by Crippen LogP contribution is 2.37. The number of aromatic nitrogens is 1. The predicted molar refractivity (Wildman–Crippen MR) is 68.6 cm³/mol. The summed E-state index contributed by atoms with van der Waals surface area (Å²) in [7, 11) is 0.